The molecule has 8 atom stereocenters. The zero-order valence-electron chi connectivity index (χ0n) is 18.2. The molecule has 3 N–H and O–H groups in total. The predicted octanol–water partition coefficient (Wildman–Crippen LogP) is 3.59. The minimum Gasteiger partial charge on any atom is -0.479 e. The highest BCUT2D eigenvalue weighted by atomic mass is 19.1. The van der Waals surface area contributed by atoms with Gasteiger partial charge in [0.15, 0.2) is 17.1 Å². The second-order valence-corrected chi connectivity index (χ2v) is 10.5. The number of carbonyl (C=O) groups excluding carboxylic acids is 1. The van der Waals surface area contributed by atoms with Gasteiger partial charge >= 0.3 is 5.97 Å². The first-order valence-corrected chi connectivity index (χ1v) is 11.2. The van der Waals surface area contributed by atoms with Crippen LogP contribution >= 0.6 is 0 Å². The third kappa shape index (κ3) is 2.24. The minimum absolute atomic E-state index is 0.117. The standard InChI is InChI=1S/C24H33FO5/c1-5-6-14-10-16(26)11-15-7-8-17-18-9-13(2)24(30,20(28)29)21(18,3)12-19(27)23(17,25)22(14,15)4/h10-11,13,17-19,27,30H,5-9,12H2,1-4H3,(H,28,29)/t13-,17?,18?,19-,21?,22?,23?,24-/m0/s1. The van der Waals surface area contributed by atoms with Crippen molar-refractivity contribution in [1.29, 1.82) is 0 Å². The van der Waals surface area contributed by atoms with Crippen molar-refractivity contribution in [2.75, 3.05) is 0 Å². The van der Waals surface area contributed by atoms with Gasteiger partial charge in [0.1, 0.15) is 0 Å². The average Bonchev–Trinajstić information content (AvgIpc) is 2.86. The van der Waals surface area contributed by atoms with Crippen LogP contribution in [0.25, 0.3) is 0 Å². The number of aliphatic carboxylic acids is 1. The van der Waals surface area contributed by atoms with Gasteiger partial charge in [-0.2, -0.15) is 0 Å². The molecule has 30 heavy (non-hydrogen) atoms. The van der Waals surface area contributed by atoms with Gasteiger partial charge in [-0.05, 0) is 63.0 Å². The van der Waals surface area contributed by atoms with Crippen LogP contribution in [0.4, 0.5) is 4.39 Å². The van der Waals surface area contributed by atoms with E-state index in [1.54, 1.807) is 13.8 Å². The number of aliphatic hydroxyl groups excluding tert-OH is 1. The first kappa shape index (κ1) is 21.7. The van der Waals surface area contributed by atoms with Gasteiger partial charge in [-0.15, -0.1) is 0 Å². The molecule has 4 rings (SSSR count). The van der Waals surface area contributed by atoms with E-state index in [9.17, 15) is 24.9 Å². The molecule has 0 saturated heterocycles. The van der Waals surface area contributed by atoms with Gasteiger partial charge in [0.05, 0.1) is 6.10 Å². The molecule has 166 valence electrons. The number of hydrogen-bond donors (Lipinski definition) is 3. The van der Waals surface area contributed by atoms with Crippen LogP contribution in [0.5, 0.6) is 0 Å². The normalized spacial score (nSPS) is 50.2. The molecular formula is C24H33FO5. The largest absolute Gasteiger partial charge is 0.479 e. The SMILES string of the molecule is CCCC1=CC(=O)C=C2CCC3C4C[C@H](C)[C@](O)(C(=O)O)C4(C)C[C@H](O)C3(F)C12C. The highest BCUT2D eigenvalue weighted by Crippen LogP contribution is 2.71. The zero-order valence-corrected chi connectivity index (χ0v) is 18.2. The van der Waals surface area contributed by atoms with Crippen LogP contribution < -0.4 is 0 Å². The maximum absolute atomic E-state index is 17.3. The van der Waals surface area contributed by atoms with Crippen molar-refractivity contribution < 1.29 is 29.3 Å². The van der Waals surface area contributed by atoms with Crippen molar-refractivity contribution in [2.45, 2.75) is 83.6 Å². The zero-order chi connectivity index (χ0) is 22.3. The monoisotopic (exact) mass is 420 g/mol. The molecule has 5 unspecified atom stereocenters. The van der Waals surface area contributed by atoms with E-state index in [4.69, 9.17) is 0 Å². The average molecular weight is 421 g/mol. The lowest BCUT2D eigenvalue weighted by Gasteiger charge is -2.63. The number of carboxylic acids is 1. The van der Waals surface area contributed by atoms with Gasteiger partial charge in [0, 0.05) is 16.7 Å². The number of alkyl halides is 1. The molecule has 4 aliphatic rings. The molecule has 0 aromatic heterocycles. The van der Waals surface area contributed by atoms with Crippen molar-refractivity contribution in [3.63, 3.8) is 0 Å². The van der Waals surface area contributed by atoms with E-state index in [2.05, 4.69) is 0 Å². The molecule has 4 aliphatic carbocycles. The molecule has 0 heterocycles. The summed E-state index contributed by atoms with van der Waals surface area (Å²) in [5, 5.41) is 32.5. The van der Waals surface area contributed by atoms with E-state index in [0.717, 1.165) is 17.6 Å². The molecule has 0 bridgehead atoms. The van der Waals surface area contributed by atoms with Gasteiger partial charge in [0.25, 0.3) is 0 Å². The number of allylic oxidation sites excluding steroid dienone is 4. The Kier molecular flexibility index (Phi) is 4.69. The number of carbonyl (C=O) groups is 2. The maximum atomic E-state index is 17.3. The lowest BCUT2D eigenvalue weighted by Crippen LogP contribution is -2.70. The fourth-order valence-electron chi connectivity index (χ4n) is 7.83. The van der Waals surface area contributed by atoms with Gasteiger partial charge in [-0.3, -0.25) is 4.79 Å². The number of ketones is 1. The van der Waals surface area contributed by atoms with Crippen molar-refractivity contribution >= 4 is 11.8 Å². The van der Waals surface area contributed by atoms with Crippen molar-refractivity contribution in [3.05, 3.63) is 23.3 Å². The summed E-state index contributed by atoms with van der Waals surface area (Å²) in [6.45, 7) is 7.21. The summed E-state index contributed by atoms with van der Waals surface area (Å²) >= 11 is 0. The number of halogens is 1. The first-order valence-electron chi connectivity index (χ1n) is 11.2. The van der Waals surface area contributed by atoms with Gasteiger partial charge in [-0.25, -0.2) is 9.18 Å². The van der Waals surface area contributed by atoms with Gasteiger partial charge in [0.2, 0.25) is 0 Å². The smallest absolute Gasteiger partial charge is 0.336 e. The van der Waals surface area contributed by atoms with E-state index >= 15 is 4.39 Å². The molecule has 0 spiro atoms. The fraction of sp³-hybridized carbons (Fsp3) is 0.750. The number of fused-ring (bicyclic) bond motifs is 5. The van der Waals surface area contributed by atoms with Crippen molar-refractivity contribution in [3.8, 4) is 0 Å². The summed E-state index contributed by atoms with van der Waals surface area (Å²) in [6.07, 6.45) is 4.23. The molecule has 3 fully saturated rings. The van der Waals surface area contributed by atoms with E-state index in [1.165, 1.54) is 12.2 Å². The third-order valence-corrected chi connectivity index (χ3v) is 9.39. The molecule has 3 saturated carbocycles. The van der Waals surface area contributed by atoms with Crippen LogP contribution in [0.1, 0.15) is 66.2 Å². The highest BCUT2D eigenvalue weighted by molar-refractivity contribution is 6.02. The van der Waals surface area contributed by atoms with E-state index < -0.39 is 46.0 Å². The topological polar surface area (TPSA) is 94.8 Å². The molecule has 0 aliphatic heterocycles. The van der Waals surface area contributed by atoms with E-state index in [0.29, 0.717) is 25.7 Å². The highest BCUT2D eigenvalue weighted by Gasteiger charge is 2.76. The van der Waals surface area contributed by atoms with Crippen LogP contribution in [0.2, 0.25) is 0 Å². The number of rotatable bonds is 3. The first-order chi connectivity index (χ1) is 13.9. The summed E-state index contributed by atoms with van der Waals surface area (Å²) in [5.74, 6) is -2.91. The molecule has 0 aromatic rings. The molecule has 6 heteroatoms. The summed E-state index contributed by atoms with van der Waals surface area (Å²) in [4.78, 5) is 24.4. The van der Waals surface area contributed by atoms with Crippen molar-refractivity contribution in [2.24, 2.45) is 28.6 Å². The Balaban J connectivity index is 1.87. The summed E-state index contributed by atoms with van der Waals surface area (Å²) < 4.78 is 17.3. The van der Waals surface area contributed by atoms with Crippen LogP contribution in [0.15, 0.2) is 23.3 Å². The van der Waals surface area contributed by atoms with Crippen LogP contribution in [0.3, 0.4) is 0 Å². The number of hydrogen-bond acceptors (Lipinski definition) is 4. The maximum Gasteiger partial charge on any atom is 0.336 e. The van der Waals surface area contributed by atoms with Crippen LogP contribution in [0, 0.1) is 28.6 Å². The van der Waals surface area contributed by atoms with Crippen LogP contribution in [-0.2, 0) is 9.59 Å². The molecule has 0 aromatic carbocycles. The van der Waals surface area contributed by atoms with Crippen LogP contribution in [-0.4, -0.2) is 44.4 Å². The molecule has 0 amide bonds. The quantitative estimate of drug-likeness (QED) is 0.649. The Morgan fingerprint density at radius 3 is 2.53 bits per heavy atom. The third-order valence-electron chi connectivity index (χ3n) is 9.39. The Bertz CT molecular complexity index is 864. The molecular weight excluding hydrogens is 387 g/mol. The molecule has 0 radical (unpaired) electrons. The van der Waals surface area contributed by atoms with Crippen molar-refractivity contribution in [1.82, 2.24) is 0 Å². The number of aliphatic hydroxyl groups is 2. The fourth-order valence-corrected chi connectivity index (χ4v) is 7.83. The van der Waals surface area contributed by atoms with Gasteiger partial charge in [-0.1, -0.05) is 38.3 Å². The van der Waals surface area contributed by atoms with Gasteiger partial charge < -0.3 is 15.3 Å². The van der Waals surface area contributed by atoms with E-state index in [-0.39, 0.29) is 18.1 Å². The Hall–Kier alpha value is -1.53. The summed E-state index contributed by atoms with van der Waals surface area (Å²) in [7, 11) is 0. The number of carboxylic acid groups (broad SMARTS) is 1. The summed E-state index contributed by atoms with van der Waals surface area (Å²) in [5.41, 5.74) is -4.75. The predicted molar refractivity (Wildman–Crippen MR) is 109 cm³/mol. The Morgan fingerprint density at radius 2 is 1.93 bits per heavy atom. The molecule has 5 nitrogen and oxygen atoms in total. The Labute approximate surface area is 177 Å². The Morgan fingerprint density at radius 1 is 1.27 bits per heavy atom. The van der Waals surface area contributed by atoms with E-state index in [1.807, 2.05) is 13.8 Å². The minimum atomic E-state index is -2.01. The lowest BCUT2D eigenvalue weighted by molar-refractivity contribution is -0.227. The second-order valence-electron chi connectivity index (χ2n) is 10.5. The second kappa shape index (κ2) is 6.49. The summed E-state index contributed by atoms with van der Waals surface area (Å²) in [6, 6.07) is 0. The lowest BCUT2D eigenvalue weighted by atomic mass is 9.43.